The van der Waals surface area contributed by atoms with Crippen molar-refractivity contribution in [1.29, 1.82) is 0 Å². The number of ether oxygens (including phenoxy) is 1. The van der Waals surface area contributed by atoms with Crippen LogP contribution in [-0.4, -0.2) is 22.0 Å². The van der Waals surface area contributed by atoms with Crippen molar-refractivity contribution >= 4 is 0 Å². The Morgan fingerprint density at radius 1 is 1.23 bits per heavy atom. The second-order valence-corrected chi connectivity index (χ2v) is 6.05. The molecule has 1 N–H and O–H groups in total. The number of benzene rings is 1. The van der Waals surface area contributed by atoms with Gasteiger partial charge < -0.3 is 9.84 Å². The van der Waals surface area contributed by atoms with E-state index in [-0.39, 0.29) is 0 Å². The average molecular weight is 302 g/mol. The Hall–Kier alpha value is -1.97. The zero-order valence-electron chi connectivity index (χ0n) is 14.0. The van der Waals surface area contributed by atoms with E-state index in [1.54, 1.807) is 7.11 Å². The lowest BCUT2D eigenvalue weighted by Gasteiger charge is -2.08. The summed E-state index contributed by atoms with van der Waals surface area (Å²) in [5.41, 5.74) is 2.65. The van der Waals surface area contributed by atoms with Crippen LogP contribution in [0.2, 0.25) is 0 Å². The fourth-order valence-electron chi connectivity index (χ4n) is 2.53. The SMILES string of the molecule is CCCCc1c(O)c(CC(C)C)nn1-c1ccc(OC)cc1. The number of nitrogens with zero attached hydrogens (tertiary/aromatic N) is 2. The van der Waals surface area contributed by atoms with Crippen LogP contribution in [0, 0.1) is 5.92 Å². The van der Waals surface area contributed by atoms with Gasteiger partial charge in [-0.15, -0.1) is 0 Å². The second kappa shape index (κ2) is 7.34. The summed E-state index contributed by atoms with van der Waals surface area (Å²) in [7, 11) is 1.65. The molecule has 0 aliphatic carbocycles. The molecule has 0 unspecified atom stereocenters. The summed E-state index contributed by atoms with van der Waals surface area (Å²) in [4.78, 5) is 0. The summed E-state index contributed by atoms with van der Waals surface area (Å²) in [6.45, 7) is 6.43. The van der Waals surface area contributed by atoms with Crippen LogP contribution in [0.5, 0.6) is 11.5 Å². The molecule has 1 aromatic heterocycles. The minimum Gasteiger partial charge on any atom is -0.504 e. The van der Waals surface area contributed by atoms with Gasteiger partial charge in [0.15, 0.2) is 5.75 Å². The molecule has 1 aromatic carbocycles. The summed E-state index contributed by atoms with van der Waals surface area (Å²) in [6, 6.07) is 7.78. The summed E-state index contributed by atoms with van der Waals surface area (Å²) in [5.74, 6) is 1.64. The minimum absolute atomic E-state index is 0.359. The number of unbranched alkanes of at least 4 members (excludes halogenated alkanes) is 1. The van der Waals surface area contributed by atoms with Crippen LogP contribution >= 0.6 is 0 Å². The fourth-order valence-corrected chi connectivity index (χ4v) is 2.53. The zero-order chi connectivity index (χ0) is 16.1. The van der Waals surface area contributed by atoms with Crippen molar-refractivity contribution in [2.45, 2.75) is 46.5 Å². The van der Waals surface area contributed by atoms with Gasteiger partial charge in [-0.05, 0) is 49.4 Å². The number of methoxy groups -OCH3 is 1. The number of hydrogen-bond donors (Lipinski definition) is 1. The van der Waals surface area contributed by atoms with Crippen LogP contribution in [-0.2, 0) is 12.8 Å². The van der Waals surface area contributed by atoms with Gasteiger partial charge in [0.1, 0.15) is 11.4 Å². The van der Waals surface area contributed by atoms with Crippen molar-refractivity contribution in [3.8, 4) is 17.2 Å². The van der Waals surface area contributed by atoms with Gasteiger partial charge in [-0.2, -0.15) is 5.10 Å². The molecule has 0 spiro atoms. The topological polar surface area (TPSA) is 47.3 Å². The number of aromatic nitrogens is 2. The molecular weight excluding hydrogens is 276 g/mol. The van der Waals surface area contributed by atoms with E-state index in [0.29, 0.717) is 11.7 Å². The first-order chi connectivity index (χ1) is 10.6. The van der Waals surface area contributed by atoms with E-state index in [1.807, 2.05) is 28.9 Å². The molecule has 0 fully saturated rings. The third kappa shape index (κ3) is 3.62. The summed E-state index contributed by atoms with van der Waals surface area (Å²) >= 11 is 0. The number of rotatable bonds is 7. The van der Waals surface area contributed by atoms with E-state index in [9.17, 15) is 5.11 Å². The Kier molecular flexibility index (Phi) is 5.47. The number of hydrogen-bond acceptors (Lipinski definition) is 3. The molecule has 2 rings (SSSR count). The van der Waals surface area contributed by atoms with Gasteiger partial charge in [0.25, 0.3) is 0 Å². The van der Waals surface area contributed by atoms with E-state index >= 15 is 0 Å². The van der Waals surface area contributed by atoms with Gasteiger partial charge in [0, 0.05) is 0 Å². The molecule has 22 heavy (non-hydrogen) atoms. The first-order valence-corrected chi connectivity index (χ1v) is 8.01. The molecule has 0 aliphatic heterocycles. The maximum atomic E-state index is 10.5. The molecule has 0 radical (unpaired) electrons. The predicted octanol–water partition coefficient (Wildman–Crippen LogP) is 4.13. The molecule has 4 nitrogen and oxygen atoms in total. The molecule has 0 bridgehead atoms. The summed E-state index contributed by atoms with van der Waals surface area (Å²) in [5, 5.41) is 15.2. The van der Waals surface area contributed by atoms with E-state index in [2.05, 4.69) is 25.9 Å². The lowest BCUT2D eigenvalue weighted by atomic mass is 10.1. The highest BCUT2D eigenvalue weighted by Gasteiger charge is 2.18. The molecule has 1 heterocycles. The Balaban J connectivity index is 2.42. The summed E-state index contributed by atoms with van der Waals surface area (Å²) < 4.78 is 7.08. The van der Waals surface area contributed by atoms with Crippen LogP contribution in [0.1, 0.15) is 45.0 Å². The van der Waals surface area contributed by atoms with Crippen LogP contribution in [0.4, 0.5) is 0 Å². The minimum atomic E-state index is 0.359. The van der Waals surface area contributed by atoms with Crippen LogP contribution in [0.3, 0.4) is 0 Å². The van der Waals surface area contributed by atoms with Crippen LogP contribution < -0.4 is 4.74 Å². The molecule has 0 amide bonds. The third-order valence-electron chi connectivity index (χ3n) is 3.71. The molecule has 2 aromatic rings. The average Bonchev–Trinajstić information content (AvgIpc) is 2.81. The van der Waals surface area contributed by atoms with Crippen molar-refractivity contribution in [2.24, 2.45) is 5.92 Å². The van der Waals surface area contributed by atoms with Gasteiger partial charge in [-0.3, -0.25) is 0 Å². The first kappa shape index (κ1) is 16.4. The largest absolute Gasteiger partial charge is 0.504 e. The Morgan fingerprint density at radius 3 is 2.45 bits per heavy atom. The van der Waals surface area contributed by atoms with Gasteiger partial charge in [0.2, 0.25) is 0 Å². The van der Waals surface area contributed by atoms with Crippen molar-refractivity contribution in [1.82, 2.24) is 9.78 Å². The zero-order valence-corrected chi connectivity index (χ0v) is 14.0. The van der Waals surface area contributed by atoms with Gasteiger partial charge in [-0.1, -0.05) is 27.2 Å². The van der Waals surface area contributed by atoms with Gasteiger partial charge in [0.05, 0.1) is 18.5 Å². The second-order valence-electron chi connectivity index (χ2n) is 6.05. The van der Waals surface area contributed by atoms with Crippen molar-refractivity contribution in [3.05, 3.63) is 35.7 Å². The highest BCUT2D eigenvalue weighted by Crippen LogP contribution is 2.29. The quantitative estimate of drug-likeness (QED) is 0.836. The van der Waals surface area contributed by atoms with Gasteiger partial charge in [-0.25, -0.2) is 4.68 Å². The molecule has 0 aliphatic rings. The van der Waals surface area contributed by atoms with Crippen molar-refractivity contribution in [3.63, 3.8) is 0 Å². The van der Waals surface area contributed by atoms with E-state index in [0.717, 1.165) is 48.5 Å². The normalized spacial score (nSPS) is 11.1. The van der Waals surface area contributed by atoms with Crippen LogP contribution in [0.15, 0.2) is 24.3 Å². The lowest BCUT2D eigenvalue weighted by molar-refractivity contribution is 0.414. The molecule has 0 saturated carbocycles. The smallest absolute Gasteiger partial charge is 0.160 e. The Morgan fingerprint density at radius 2 is 1.91 bits per heavy atom. The van der Waals surface area contributed by atoms with Gasteiger partial charge >= 0.3 is 0 Å². The maximum Gasteiger partial charge on any atom is 0.160 e. The predicted molar refractivity (Wildman–Crippen MR) is 88.9 cm³/mol. The van der Waals surface area contributed by atoms with E-state index in [1.165, 1.54) is 0 Å². The fraction of sp³-hybridized carbons (Fsp3) is 0.500. The molecule has 120 valence electrons. The number of aromatic hydroxyl groups is 1. The Labute approximate surface area is 132 Å². The standard InChI is InChI=1S/C18H26N2O2/c1-5-6-7-17-18(21)16(12-13(2)3)19-20(17)14-8-10-15(22-4)11-9-14/h8-11,13,21H,5-7,12H2,1-4H3. The molecule has 0 saturated heterocycles. The van der Waals surface area contributed by atoms with Crippen LogP contribution in [0.25, 0.3) is 5.69 Å². The van der Waals surface area contributed by atoms with Crippen molar-refractivity contribution in [2.75, 3.05) is 7.11 Å². The van der Waals surface area contributed by atoms with Crippen molar-refractivity contribution < 1.29 is 9.84 Å². The molecule has 0 atom stereocenters. The van der Waals surface area contributed by atoms with E-state index < -0.39 is 0 Å². The third-order valence-corrected chi connectivity index (χ3v) is 3.71. The highest BCUT2D eigenvalue weighted by molar-refractivity contribution is 5.43. The lowest BCUT2D eigenvalue weighted by Crippen LogP contribution is -2.03. The summed E-state index contributed by atoms with van der Waals surface area (Å²) in [6.07, 6.45) is 3.75. The Bertz CT molecular complexity index is 600. The molecule has 4 heteroatoms. The highest BCUT2D eigenvalue weighted by atomic mass is 16.5. The maximum absolute atomic E-state index is 10.5. The van der Waals surface area contributed by atoms with E-state index in [4.69, 9.17) is 4.74 Å². The monoisotopic (exact) mass is 302 g/mol. The molecular formula is C18H26N2O2. The first-order valence-electron chi connectivity index (χ1n) is 8.01.